The van der Waals surface area contributed by atoms with Gasteiger partial charge in [-0.1, -0.05) is 17.7 Å². The molecule has 0 fully saturated rings. The van der Waals surface area contributed by atoms with Gasteiger partial charge in [0, 0.05) is 5.56 Å². The molecule has 1 N–H and O–H groups in total. The van der Waals surface area contributed by atoms with Crippen LogP contribution in [0.15, 0.2) is 65.3 Å². The lowest BCUT2D eigenvalue weighted by Crippen LogP contribution is -2.18. The molecule has 1 amide bonds. The van der Waals surface area contributed by atoms with Crippen LogP contribution in [0.25, 0.3) is 0 Å². The van der Waals surface area contributed by atoms with Crippen molar-refractivity contribution in [3.05, 3.63) is 71.3 Å². The van der Waals surface area contributed by atoms with E-state index in [4.69, 9.17) is 9.47 Å². The number of nitrogens with zero attached hydrogens (tertiary/aromatic N) is 1. The number of carbonyl (C=O) groups is 1. The lowest BCUT2D eigenvalue weighted by molar-refractivity contribution is 0.0954. The van der Waals surface area contributed by atoms with E-state index in [0.717, 1.165) is 35.6 Å². The van der Waals surface area contributed by atoms with E-state index in [1.165, 1.54) is 5.57 Å². The van der Waals surface area contributed by atoms with Gasteiger partial charge in [0.25, 0.3) is 5.91 Å². The van der Waals surface area contributed by atoms with E-state index in [1.807, 2.05) is 49.4 Å². The highest BCUT2D eigenvalue weighted by Gasteiger charge is 2.09. The number of rotatable bonds is 7. The Balaban J connectivity index is 1.51. The fraction of sp³-hybridized carbons (Fsp3) is 0.273. The number of carbonyl (C=O) groups excluding carboxylic acids is 1. The Hall–Kier alpha value is -3.08. The summed E-state index contributed by atoms with van der Waals surface area (Å²) in [6.07, 6.45) is 3.91. The van der Waals surface area contributed by atoms with Crippen LogP contribution in [-0.4, -0.2) is 18.2 Å². The maximum Gasteiger partial charge on any atom is 0.271 e. The van der Waals surface area contributed by atoms with Gasteiger partial charge in [-0.05, 0) is 74.7 Å². The summed E-state index contributed by atoms with van der Waals surface area (Å²) < 4.78 is 11.2. The normalized spacial score (nSPS) is 14.7. The van der Waals surface area contributed by atoms with Crippen molar-refractivity contribution in [1.82, 2.24) is 5.43 Å². The second-order valence-electron chi connectivity index (χ2n) is 6.42. The van der Waals surface area contributed by atoms with Gasteiger partial charge in [0.2, 0.25) is 0 Å². The molecule has 140 valence electrons. The summed E-state index contributed by atoms with van der Waals surface area (Å²) in [6.45, 7) is 5.10. The summed E-state index contributed by atoms with van der Waals surface area (Å²) in [5.74, 6) is 1.39. The van der Waals surface area contributed by atoms with Crippen LogP contribution in [0.5, 0.6) is 11.5 Å². The third-order valence-corrected chi connectivity index (χ3v) is 4.25. The predicted octanol–water partition coefficient (Wildman–Crippen LogP) is 4.49. The van der Waals surface area contributed by atoms with Gasteiger partial charge < -0.3 is 9.47 Å². The van der Waals surface area contributed by atoms with Crippen LogP contribution in [-0.2, 0) is 6.61 Å². The van der Waals surface area contributed by atoms with E-state index in [1.54, 1.807) is 12.1 Å². The minimum absolute atomic E-state index is 0.209. The molecule has 5 nitrogen and oxygen atoms in total. The van der Waals surface area contributed by atoms with Crippen LogP contribution in [0.4, 0.5) is 0 Å². The molecule has 5 heteroatoms. The molecule has 0 bridgehead atoms. The average Bonchev–Trinajstić information content (AvgIpc) is 3.11. The van der Waals surface area contributed by atoms with Gasteiger partial charge in [-0.25, -0.2) is 5.43 Å². The molecular weight excluding hydrogens is 340 g/mol. The van der Waals surface area contributed by atoms with Gasteiger partial charge in [0.15, 0.2) is 0 Å². The van der Waals surface area contributed by atoms with Gasteiger partial charge >= 0.3 is 0 Å². The molecule has 1 aliphatic carbocycles. The molecule has 0 saturated heterocycles. The molecule has 3 rings (SSSR count). The Labute approximate surface area is 159 Å². The number of allylic oxidation sites excluding steroid dienone is 2. The highest BCUT2D eigenvalue weighted by atomic mass is 16.5. The van der Waals surface area contributed by atoms with Gasteiger partial charge in [-0.15, -0.1) is 0 Å². The minimum Gasteiger partial charge on any atom is -0.494 e. The SMILES string of the molecule is CCOc1ccc(OCc2ccc(C(=O)N/N=C3\C=C(C)CC3)cc2)cc1. The van der Waals surface area contributed by atoms with E-state index < -0.39 is 0 Å². The molecule has 1 aliphatic rings. The summed E-state index contributed by atoms with van der Waals surface area (Å²) in [7, 11) is 0. The lowest BCUT2D eigenvalue weighted by Gasteiger charge is -2.08. The maximum absolute atomic E-state index is 12.2. The van der Waals surface area contributed by atoms with E-state index in [-0.39, 0.29) is 5.91 Å². The first-order valence-corrected chi connectivity index (χ1v) is 9.12. The fourth-order valence-electron chi connectivity index (χ4n) is 2.75. The standard InChI is InChI=1S/C22H24N2O3/c1-3-26-20-10-12-21(13-11-20)27-15-17-5-7-18(8-6-17)22(25)24-23-19-9-4-16(2)14-19/h5-8,10-14H,3-4,9,15H2,1-2H3,(H,24,25)/b23-19-. The minimum atomic E-state index is -0.209. The van der Waals surface area contributed by atoms with Crippen LogP contribution < -0.4 is 14.9 Å². The molecule has 0 spiro atoms. The zero-order chi connectivity index (χ0) is 19.1. The summed E-state index contributed by atoms with van der Waals surface area (Å²) in [5.41, 5.74) is 6.38. The second-order valence-corrected chi connectivity index (χ2v) is 6.42. The van der Waals surface area contributed by atoms with Crippen molar-refractivity contribution in [3.8, 4) is 11.5 Å². The van der Waals surface area contributed by atoms with Crippen LogP contribution in [0.2, 0.25) is 0 Å². The maximum atomic E-state index is 12.2. The highest BCUT2D eigenvalue weighted by molar-refractivity contribution is 6.00. The Morgan fingerprint density at radius 1 is 1.00 bits per heavy atom. The largest absolute Gasteiger partial charge is 0.494 e. The van der Waals surface area contributed by atoms with Gasteiger partial charge in [0.05, 0.1) is 12.3 Å². The second kappa shape index (κ2) is 9.03. The number of benzene rings is 2. The molecule has 27 heavy (non-hydrogen) atoms. The Kier molecular flexibility index (Phi) is 6.26. The third-order valence-electron chi connectivity index (χ3n) is 4.25. The molecular formula is C22H24N2O3. The number of ether oxygens (including phenoxy) is 2. The van der Waals surface area contributed by atoms with Crippen molar-refractivity contribution in [2.75, 3.05) is 6.61 Å². The van der Waals surface area contributed by atoms with Gasteiger partial charge in [0.1, 0.15) is 18.1 Å². The molecule has 0 atom stereocenters. The Bertz CT molecular complexity index is 837. The summed E-state index contributed by atoms with van der Waals surface area (Å²) in [5, 5.41) is 4.17. The zero-order valence-electron chi connectivity index (χ0n) is 15.7. The number of hydrazone groups is 1. The quantitative estimate of drug-likeness (QED) is 0.737. The molecule has 0 aromatic heterocycles. The van der Waals surface area contributed by atoms with Crippen molar-refractivity contribution in [3.63, 3.8) is 0 Å². The van der Waals surface area contributed by atoms with Crippen LogP contribution in [0.1, 0.15) is 42.6 Å². The first kappa shape index (κ1) is 18.7. The van der Waals surface area contributed by atoms with Crippen molar-refractivity contribution in [2.45, 2.75) is 33.3 Å². The summed E-state index contributed by atoms with van der Waals surface area (Å²) >= 11 is 0. The van der Waals surface area contributed by atoms with Crippen molar-refractivity contribution in [1.29, 1.82) is 0 Å². The van der Waals surface area contributed by atoms with E-state index in [9.17, 15) is 4.79 Å². The number of amides is 1. The number of hydrogen-bond acceptors (Lipinski definition) is 4. The highest BCUT2D eigenvalue weighted by Crippen LogP contribution is 2.19. The summed E-state index contributed by atoms with van der Waals surface area (Å²) in [4.78, 5) is 12.2. The molecule has 0 heterocycles. The zero-order valence-corrected chi connectivity index (χ0v) is 15.7. The van der Waals surface area contributed by atoms with E-state index in [2.05, 4.69) is 17.5 Å². The first-order chi connectivity index (χ1) is 13.1. The summed E-state index contributed by atoms with van der Waals surface area (Å²) in [6, 6.07) is 14.9. The molecule has 0 aliphatic heterocycles. The molecule has 2 aromatic rings. The first-order valence-electron chi connectivity index (χ1n) is 9.12. The molecule has 0 saturated carbocycles. The van der Waals surface area contributed by atoms with E-state index >= 15 is 0 Å². The molecule has 0 unspecified atom stereocenters. The van der Waals surface area contributed by atoms with Gasteiger partial charge in [-0.3, -0.25) is 4.79 Å². The third kappa shape index (κ3) is 5.45. The fourth-order valence-corrected chi connectivity index (χ4v) is 2.75. The Morgan fingerprint density at radius 3 is 2.26 bits per heavy atom. The van der Waals surface area contributed by atoms with Gasteiger partial charge in [-0.2, -0.15) is 5.10 Å². The van der Waals surface area contributed by atoms with Crippen LogP contribution in [0.3, 0.4) is 0 Å². The van der Waals surface area contributed by atoms with Crippen molar-refractivity contribution in [2.24, 2.45) is 5.10 Å². The van der Waals surface area contributed by atoms with Crippen molar-refractivity contribution < 1.29 is 14.3 Å². The lowest BCUT2D eigenvalue weighted by atomic mass is 10.1. The average molecular weight is 364 g/mol. The topological polar surface area (TPSA) is 59.9 Å². The Morgan fingerprint density at radius 2 is 1.67 bits per heavy atom. The van der Waals surface area contributed by atoms with Crippen LogP contribution in [0, 0.1) is 0 Å². The number of nitrogens with one attached hydrogen (secondary N) is 1. The monoisotopic (exact) mass is 364 g/mol. The molecule has 0 radical (unpaired) electrons. The smallest absolute Gasteiger partial charge is 0.271 e. The van der Waals surface area contributed by atoms with Crippen molar-refractivity contribution >= 4 is 11.6 Å². The number of hydrogen-bond donors (Lipinski definition) is 1. The predicted molar refractivity (Wildman–Crippen MR) is 106 cm³/mol. The van der Waals surface area contributed by atoms with Crippen LogP contribution >= 0.6 is 0 Å². The molecule has 2 aromatic carbocycles. The van der Waals surface area contributed by atoms with E-state index in [0.29, 0.717) is 18.8 Å².